The van der Waals surface area contributed by atoms with E-state index in [4.69, 9.17) is 4.52 Å². The molecule has 1 aromatic heterocycles. The lowest BCUT2D eigenvalue weighted by Gasteiger charge is -1.98. The van der Waals surface area contributed by atoms with Gasteiger partial charge in [0.05, 0.1) is 11.8 Å². The van der Waals surface area contributed by atoms with Gasteiger partial charge in [0.15, 0.2) is 0 Å². The van der Waals surface area contributed by atoms with Gasteiger partial charge in [-0.25, -0.2) is 4.39 Å². The summed E-state index contributed by atoms with van der Waals surface area (Å²) in [4.78, 5) is 15.4. The average Bonchev–Trinajstić information content (AvgIpc) is 2.74. The lowest BCUT2D eigenvalue weighted by atomic mass is 10.1. The van der Waals surface area contributed by atoms with Gasteiger partial charge in [-0.3, -0.25) is 4.79 Å². The molecule has 1 aliphatic rings. The van der Waals surface area contributed by atoms with Crippen molar-refractivity contribution in [1.82, 2.24) is 10.1 Å². The third-order valence-electron chi connectivity index (χ3n) is 4.10. The van der Waals surface area contributed by atoms with Crippen molar-refractivity contribution in [1.29, 1.82) is 0 Å². The number of hydrogen-bond donors (Lipinski definition) is 1. The normalized spacial score (nSPS) is 23.0. The van der Waals surface area contributed by atoms with Gasteiger partial charge in [-0.1, -0.05) is 19.0 Å². The second-order valence-electron chi connectivity index (χ2n) is 6.09. The number of aliphatic carboxylic acids is 1. The molecule has 0 aliphatic heterocycles. The third-order valence-corrected chi connectivity index (χ3v) is 4.10. The fourth-order valence-electron chi connectivity index (χ4n) is 2.90. The van der Waals surface area contributed by atoms with Crippen LogP contribution in [0.3, 0.4) is 0 Å². The highest BCUT2D eigenvalue weighted by Gasteiger charge is 2.65. The van der Waals surface area contributed by atoms with E-state index in [1.54, 1.807) is 13.0 Å². The molecular formula is C15H15FN2O3. The minimum Gasteiger partial charge on any atom is -0.481 e. The molecule has 6 heteroatoms. The van der Waals surface area contributed by atoms with Gasteiger partial charge < -0.3 is 9.63 Å². The van der Waals surface area contributed by atoms with Crippen molar-refractivity contribution in [2.24, 2.45) is 11.3 Å². The summed E-state index contributed by atoms with van der Waals surface area (Å²) >= 11 is 0. The Morgan fingerprint density at radius 3 is 2.67 bits per heavy atom. The molecule has 0 amide bonds. The van der Waals surface area contributed by atoms with Crippen molar-refractivity contribution in [3.8, 4) is 11.4 Å². The number of aryl methyl sites for hydroxylation is 1. The number of aromatic nitrogens is 2. The molecule has 0 saturated heterocycles. The molecule has 3 rings (SSSR count). The summed E-state index contributed by atoms with van der Waals surface area (Å²) in [6.45, 7) is 5.48. The molecule has 5 nitrogen and oxygen atoms in total. The first kappa shape index (κ1) is 13.7. The zero-order chi connectivity index (χ0) is 15.4. The fourth-order valence-corrected chi connectivity index (χ4v) is 2.90. The molecule has 1 aromatic carbocycles. The predicted molar refractivity (Wildman–Crippen MR) is 72.1 cm³/mol. The van der Waals surface area contributed by atoms with Crippen molar-refractivity contribution >= 4 is 5.97 Å². The quantitative estimate of drug-likeness (QED) is 0.940. The van der Waals surface area contributed by atoms with E-state index >= 15 is 0 Å². The number of rotatable bonds is 3. The zero-order valence-electron chi connectivity index (χ0n) is 11.9. The number of halogens is 1. The Kier molecular flexibility index (Phi) is 2.86. The van der Waals surface area contributed by atoms with Crippen molar-refractivity contribution in [2.45, 2.75) is 26.7 Å². The minimum absolute atomic E-state index is 0.277. The summed E-state index contributed by atoms with van der Waals surface area (Å²) < 4.78 is 18.6. The monoisotopic (exact) mass is 290 g/mol. The van der Waals surface area contributed by atoms with E-state index in [1.807, 2.05) is 13.8 Å². The third kappa shape index (κ3) is 2.20. The van der Waals surface area contributed by atoms with Crippen molar-refractivity contribution in [3.63, 3.8) is 0 Å². The van der Waals surface area contributed by atoms with Gasteiger partial charge in [0, 0.05) is 5.56 Å². The number of benzene rings is 1. The number of carboxylic acids is 1. The Morgan fingerprint density at radius 1 is 1.38 bits per heavy atom. The van der Waals surface area contributed by atoms with Crippen LogP contribution in [0.5, 0.6) is 0 Å². The lowest BCUT2D eigenvalue weighted by molar-refractivity contribution is -0.139. The molecule has 0 spiro atoms. The second kappa shape index (κ2) is 4.38. The highest BCUT2D eigenvalue weighted by Crippen LogP contribution is 2.64. The Hall–Kier alpha value is -2.24. The van der Waals surface area contributed by atoms with Crippen LogP contribution >= 0.6 is 0 Å². The summed E-state index contributed by atoms with van der Waals surface area (Å²) in [5.41, 5.74) is 0.868. The van der Waals surface area contributed by atoms with E-state index in [1.165, 1.54) is 12.1 Å². The van der Waals surface area contributed by atoms with E-state index in [0.29, 0.717) is 11.5 Å². The first-order chi connectivity index (χ1) is 9.80. The first-order valence-corrected chi connectivity index (χ1v) is 6.64. The van der Waals surface area contributed by atoms with E-state index in [2.05, 4.69) is 10.1 Å². The fraction of sp³-hybridized carbons (Fsp3) is 0.400. The van der Waals surface area contributed by atoms with Gasteiger partial charge in [-0.15, -0.1) is 0 Å². The Morgan fingerprint density at radius 2 is 2.10 bits per heavy atom. The summed E-state index contributed by atoms with van der Waals surface area (Å²) in [5.74, 6) is -1.49. The van der Waals surface area contributed by atoms with Crippen LogP contribution in [-0.2, 0) is 4.79 Å². The van der Waals surface area contributed by atoms with Crippen molar-refractivity contribution < 1.29 is 18.8 Å². The summed E-state index contributed by atoms with van der Waals surface area (Å²) in [6, 6.07) is 4.49. The molecule has 21 heavy (non-hydrogen) atoms. The standard InChI is InChI=1S/C15H15FN2O3/c1-7-4-8(6-9(16)5-7)12-17-13(21-18-12)10-11(14(19)20)15(10,2)3/h4-6,10-11H,1-3H3,(H,19,20). The first-order valence-electron chi connectivity index (χ1n) is 6.64. The van der Waals surface area contributed by atoms with Crippen LogP contribution in [0, 0.1) is 24.1 Å². The molecule has 2 aromatic rings. The average molecular weight is 290 g/mol. The van der Waals surface area contributed by atoms with Gasteiger partial charge in [-0.05, 0) is 36.1 Å². The van der Waals surface area contributed by atoms with Gasteiger partial charge in [0.1, 0.15) is 5.82 Å². The molecule has 0 bridgehead atoms. The van der Waals surface area contributed by atoms with E-state index in [0.717, 1.165) is 5.56 Å². The number of carboxylic acid groups (broad SMARTS) is 1. The minimum atomic E-state index is -0.869. The molecule has 1 fully saturated rings. The van der Waals surface area contributed by atoms with Crippen molar-refractivity contribution in [3.05, 3.63) is 35.5 Å². The highest BCUT2D eigenvalue weighted by atomic mass is 19.1. The predicted octanol–water partition coefficient (Wildman–Crippen LogP) is 3.01. The second-order valence-corrected chi connectivity index (χ2v) is 6.09. The highest BCUT2D eigenvalue weighted by molar-refractivity contribution is 5.77. The maximum atomic E-state index is 13.4. The largest absolute Gasteiger partial charge is 0.481 e. The summed E-state index contributed by atoms with van der Waals surface area (Å²) in [5, 5.41) is 13.0. The molecule has 1 heterocycles. The molecule has 2 atom stereocenters. The van der Waals surface area contributed by atoms with Gasteiger partial charge >= 0.3 is 5.97 Å². The van der Waals surface area contributed by atoms with E-state index in [-0.39, 0.29) is 17.6 Å². The van der Waals surface area contributed by atoms with Gasteiger partial charge in [0.25, 0.3) is 0 Å². The Labute approximate surface area is 120 Å². The molecule has 2 unspecified atom stereocenters. The summed E-state index contributed by atoms with van der Waals surface area (Å²) in [6.07, 6.45) is 0. The van der Waals surface area contributed by atoms with Crippen LogP contribution in [-0.4, -0.2) is 21.2 Å². The topological polar surface area (TPSA) is 76.2 Å². The number of nitrogens with zero attached hydrogens (tertiary/aromatic N) is 2. The Bertz CT molecular complexity index is 703. The summed E-state index contributed by atoms with van der Waals surface area (Å²) in [7, 11) is 0. The maximum Gasteiger partial charge on any atom is 0.307 e. The van der Waals surface area contributed by atoms with Gasteiger partial charge in [0.2, 0.25) is 11.7 Å². The number of carbonyl (C=O) groups is 1. The Balaban J connectivity index is 1.93. The molecular weight excluding hydrogens is 275 g/mol. The van der Waals surface area contributed by atoms with E-state index < -0.39 is 17.3 Å². The number of hydrogen-bond acceptors (Lipinski definition) is 4. The SMILES string of the molecule is Cc1cc(F)cc(-c2noc(C3C(C(=O)O)C3(C)C)n2)c1. The van der Waals surface area contributed by atoms with Crippen LogP contribution in [0.2, 0.25) is 0 Å². The molecule has 110 valence electrons. The lowest BCUT2D eigenvalue weighted by Crippen LogP contribution is -2.03. The van der Waals surface area contributed by atoms with Crippen LogP contribution < -0.4 is 0 Å². The zero-order valence-corrected chi connectivity index (χ0v) is 11.9. The van der Waals surface area contributed by atoms with Crippen LogP contribution in [0.25, 0.3) is 11.4 Å². The van der Waals surface area contributed by atoms with Gasteiger partial charge in [-0.2, -0.15) is 4.98 Å². The smallest absolute Gasteiger partial charge is 0.307 e. The van der Waals surface area contributed by atoms with Crippen molar-refractivity contribution in [2.75, 3.05) is 0 Å². The van der Waals surface area contributed by atoms with Crippen LogP contribution in [0.4, 0.5) is 4.39 Å². The maximum absolute atomic E-state index is 13.4. The van der Waals surface area contributed by atoms with Crippen LogP contribution in [0.15, 0.2) is 22.7 Å². The molecule has 1 N–H and O–H groups in total. The molecule has 1 aliphatic carbocycles. The molecule has 1 saturated carbocycles. The molecule has 0 radical (unpaired) electrons. The van der Waals surface area contributed by atoms with E-state index in [9.17, 15) is 14.3 Å². The van der Waals surface area contributed by atoms with Crippen LogP contribution in [0.1, 0.15) is 31.2 Å².